The number of benzene rings is 2. The number of aryl methyl sites for hydroxylation is 1. The van der Waals surface area contributed by atoms with Gasteiger partial charge in [-0.3, -0.25) is 4.79 Å². The molecule has 0 amide bonds. The Kier molecular flexibility index (Phi) is 4.62. The highest BCUT2D eigenvalue weighted by molar-refractivity contribution is 5.70. The molecule has 1 heterocycles. The summed E-state index contributed by atoms with van der Waals surface area (Å²) in [7, 11) is 0. The van der Waals surface area contributed by atoms with Gasteiger partial charge in [-0.05, 0) is 36.8 Å². The molecule has 0 fully saturated rings. The summed E-state index contributed by atoms with van der Waals surface area (Å²) in [5, 5.41) is 9.21. The molecule has 2 aromatic carbocycles. The van der Waals surface area contributed by atoms with Crippen molar-refractivity contribution < 1.29 is 9.13 Å². The Morgan fingerprint density at radius 3 is 2.56 bits per heavy atom. The number of ether oxygens (including phenoxy) is 1. The molecular formula is C20H15FN2O2. The highest BCUT2D eigenvalue weighted by atomic mass is 19.1. The van der Waals surface area contributed by atoms with Crippen LogP contribution in [0.4, 0.5) is 4.39 Å². The van der Waals surface area contributed by atoms with Crippen molar-refractivity contribution in [3.63, 3.8) is 0 Å². The second-order valence-corrected chi connectivity index (χ2v) is 5.59. The number of aromatic amines is 1. The van der Waals surface area contributed by atoms with E-state index in [1.54, 1.807) is 55.5 Å². The second kappa shape index (κ2) is 7.02. The SMILES string of the molecule is Cc1cc(-c2ccc(OCc3ccccc3F)cc2)c(C#N)c(=O)[nH]1. The summed E-state index contributed by atoms with van der Waals surface area (Å²) in [6, 6.07) is 17.1. The number of hydrogen-bond donors (Lipinski definition) is 1. The lowest BCUT2D eigenvalue weighted by atomic mass is 10.0. The van der Waals surface area contributed by atoms with Gasteiger partial charge in [0.2, 0.25) is 0 Å². The Labute approximate surface area is 144 Å². The van der Waals surface area contributed by atoms with Crippen LogP contribution in [0.15, 0.2) is 59.4 Å². The summed E-state index contributed by atoms with van der Waals surface area (Å²) in [5.41, 5.74) is 2.14. The van der Waals surface area contributed by atoms with E-state index in [2.05, 4.69) is 4.98 Å². The lowest BCUT2D eigenvalue weighted by molar-refractivity contribution is 0.300. The van der Waals surface area contributed by atoms with E-state index in [-0.39, 0.29) is 18.0 Å². The van der Waals surface area contributed by atoms with Gasteiger partial charge in [0.15, 0.2) is 0 Å². The molecule has 1 aromatic heterocycles. The van der Waals surface area contributed by atoms with E-state index in [1.807, 2.05) is 6.07 Å². The predicted octanol–water partition coefficient (Wildman–Crippen LogP) is 3.94. The van der Waals surface area contributed by atoms with Crippen LogP contribution in [0, 0.1) is 24.1 Å². The van der Waals surface area contributed by atoms with Crippen molar-refractivity contribution in [1.29, 1.82) is 5.26 Å². The van der Waals surface area contributed by atoms with E-state index in [0.29, 0.717) is 22.6 Å². The Bertz CT molecular complexity index is 1000. The highest BCUT2D eigenvalue weighted by Gasteiger charge is 2.10. The van der Waals surface area contributed by atoms with Crippen LogP contribution in [0.25, 0.3) is 11.1 Å². The average Bonchev–Trinajstić information content (AvgIpc) is 2.61. The number of nitrogens with one attached hydrogen (secondary N) is 1. The number of nitriles is 1. The molecule has 0 unspecified atom stereocenters. The smallest absolute Gasteiger partial charge is 0.266 e. The molecule has 1 N–H and O–H groups in total. The average molecular weight is 334 g/mol. The Morgan fingerprint density at radius 2 is 1.88 bits per heavy atom. The fraction of sp³-hybridized carbons (Fsp3) is 0.100. The third-order valence-corrected chi connectivity index (χ3v) is 3.80. The van der Waals surface area contributed by atoms with Crippen molar-refractivity contribution in [2.75, 3.05) is 0 Å². The molecule has 0 saturated heterocycles. The van der Waals surface area contributed by atoms with Gasteiger partial charge >= 0.3 is 0 Å². The quantitative estimate of drug-likeness (QED) is 0.786. The molecule has 5 heteroatoms. The van der Waals surface area contributed by atoms with Crippen LogP contribution in [0.5, 0.6) is 5.75 Å². The third kappa shape index (κ3) is 3.59. The molecule has 0 aliphatic carbocycles. The minimum absolute atomic E-state index is 0.0747. The van der Waals surface area contributed by atoms with Crippen LogP contribution in [0.3, 0.4) is 0 Å². The number of rotatable bonds is 4. The summed E-state index contributed by atoms with van der Waals surface area (Å²) in [4.78, 5) is 14.5. The molecule has 3 aromatic rings. The van der Waals surface area contributed by atoms with Crippen molar-refractivity contribution >= 4 is 0 Å². The maximum absolute atomic E-state index is 13.6. The number of H-pyrrole nitrogens is 1. The number of pyridine rings is 1. The molecule has 0 aliphatic heterocycles. The summed E-state index contributed by atoms with van der Waals surface area (Å²) >= 11 is 0. The van der Waals surface area contributed by atoms with Crippen LogP contribution in [-0.2, 0) is 6.61 Å². The van der Waals surface area contributed by atoms with Gasteiger partial charge in [-0.25, -0.2) is 4.39 Å². The van der Waals surface area contributed by atoms with Gasteiger partial charge in [-0.1, -0.05) is 30.3 Å². The third-order valence-electron chi connectivity index (χ3n) is 3.80. The fourth-order valence-corrected chi connectivity index (χ4v) is 2.53. The van der Waals surface area contributed by atoms with Gasteiger partial charge in [0, 0.05) is 16.8 Å². The van der Waals surface area contributed by atoms with Crippen molar-refractivity contribution in [3.8, 4) is 22.9 Å². The number of nitrogens with zero attached hydrogens (tertiary/aromatic N) is 1. The summed E-state index contributed by atoms with van der Waals surface area (Å²) < 4.78 is 19.2. The first-order valence-electron chi connectivity index (χ1n) is 7.69. The molecule has 0 atom stereocenters. The van der Waals surface area contributed by atoms with Crippen molar-refractivity contribution in [3.05, 3.63) is 87.6 Å². The van der Waals surface area contributed by atoms with Crippen LogP contribution in [0.2, 0.25) is 0 Å². The first-order chi connectivity index (χ1) is 12.1. The molecule has 4 nitrogen and oxygen atoms in total. The number of hydrogen-bond acceptors (Lipinski definition) is 3. The minimum atomic E-state index is -0.405. The number of aromatic nitrogens is 1. The Hall–Kier alpha value is -3.39. The summed E-state index contributed by atoms with van der Waals surface area (Å²) in [6.07, 6.45) is 0. The van der Waals surface area contributed by atoms with Crippen LogP contribution in [-0.4, -0.2) is 4.98 Å². The van der Waals surface area contributed by atoms with Gasteiger partial charge in [0.1, 0.15) is 29.8 Å². The second-order valence-electron chi connectivity index (χ2n) is 5.59. The van der Waals surface area contributed by atoms with E-state index < -0.39 is 5.56 Å². The maximum Gasteiger partial charge on any atom is 0.266 e. The molecule has 25 heavy (non-hydrogen) atoms. The molecule has 3 rings (SSSR count). The topological polar surface area (TPSA) is 65.9 Å². The van der Waals surface area contributed by atoms with Crippen molar-refractivity contribution in [2.45, 2.75) is 13.5 Å². The van der Waals surface area contributed by atoms with Crippen LogP contribution in [0.1, 0.15) is 16.8 Å². The Balaban J connectivity index is 1.83. The largest absolute Gasteiger partial charge is 0.489 e. The normalized spacial score (nSPS) is 10.3. The lowest BCUT2D eigenvalue weighted by Gasteiger charge is -2.09. The Morgan fingerprint density at radius 1 is 1.16 bits per heavy atom. The van der Waals surface area contributed by atoms with E-state index >= 15 is 0 Å². The first-order valence-corrected chi connectivity index (χ1v) is 7.69. The lowest BCUT2D eigenvalue weighted by Crippen LogP contribution is -2.12. The summed E-state index contributed by atoms with van der Waals surface area (Å²) in [5.74, 6) is 0.267. The van der Waals surface area contributed by atoms with Crippen molar-refractivity contribution in [1.82, 2.24) is 4.98 Å². The van der Waals surface area contributed by atoms with Gasteiger partial charge in [0.05, 0.1) is 0 Å². The van der Waals surface area contributed by atoms with Crippen LogP contribution < -0.4 is 10.3 Å². The van der Waals surface area contributed by atoms with Gasteiger partial charge < -0.3 is 9.72 Å². The molecule has 0 bridgehead atoms. The van der Waals surface area contributed by atoms with Gasteiger partial charge in [0.25, 0.3) is 5.56 Å². The van der Waals surface area contributed by atoms with E-state index in [9.17, 15) is 14.4 Å². The monoisotopic (exact) mass is 334 g/mol. The molecule has 0 saturated carbocycles. The molecule has 124 valence electrons. The van der Waals surface area contributed by atoms with Gasteiger partial charge in [-0.2, -0.15) is 5.26 Å². The molecule has 0 aliphatic rings. The fourth-order valence-electron chi connectivity index (χ4n) is 2.53. The zero-order valence-electron chi connectivity index (χ0n) is 13.5. The van der Waals surface area contributed by atoms with Gasteiger partial charge in [-0.15, -0.1) is 0 Å². The first kappa shape index (κ1) is 16.5. The summed E-state index contributed by atoms with van der Waals surface area (Å²) in [6.45, 7) is 1.89. The minimum Gasteiger partial charge on any atom is -0.489 e. The molecular weight excluding hydrogens is 319 g/mol. The van der Waals surface area contributed by atoms with E-state index in [4.69, 9.17) is 4.74 Å². The maximum atomic E-state index is 13.6. The molecule has 0 radical (unpaired) electrons. The van der Waals surface area contributed by atoms with E-state index in [1.165, 1.54) is 6.07 Å². The zero-order chi connectivity index (χ0) is 17.8. The van der Waals surface area contributed by atoms with Crippen LogP contribution >= 0.6 is 0 Å². The zero-order valence-corrected chi connectivity index (χ0v) is 13.5. The molecule has 0 spiro atoms. The van der Waals surface area contributed by atoms with Crippen molar-refractivity contribution in [2.24, 2.45) is 0 Å². The standard InChI is InChI=1S/C20H15FN2O2/c1-13-10-17(18(11-22)20(24)23-13)14-6-8-16(9-7-14)25-12-15-4-2-3-5-19(15)21/h2-10H,12H2,1H3,(H,23,24). The van der Waals surface area contributed by atoms with E-state index in [0.717, 1.165) is 5.56 Å². The predicted molar refractivity (Wildman–Crippen MR) is 92.7 cm³/mol. The highest BCUT2D eigenvalue weighted by Crippen LogP contribution is 2.25. The number of halogens is 1.